The number of benzene rings is 1. The number of aryl methyl sites for hydroxylation is 2. The van der Waals surface area contributed by atoms with Crippen molar-refractivity contribution in [1.29, 1.82) is 0 Å². The molecule has 1 aliphatic carbocycles. The first kappa shape index (κ1) is 26.1. The van der Waals surface area contributed by atoms with E-state index in [1.54, 1.807) is 30.9 Å². The number of amides is 2. The number of hydrogen-bond acceptors (Lipinski definition) is 6. The van der Waals surface area contributed by atoms with Gasteiger partial charge >= 0.3 is 0 Å². The Balaban J connectivity index is 1.49. The number of hydrogen-bond donors (Lipinski definition) is 3. The van der Waals surface area contributed by atoms with Gasteiger partial charge in [0.1, 0.15) is 35.2 Å². The molecule has 1 saturated carbocycles. The summed E-state index contributed by atoms with van der Waals surface area (Å²) in [6.07, 6.45) is 2.44. The summed E-state index contributed by atoms with van der Waals surface area (Å²) >= 11 is 0. The standard InChI is InChI=1S/C28H34FN5O4/c1-14-6-9-18(38-11-17-7-8-17)21(22(14)29)24-25-23(30-13-31-24)20(15(2)32-25)26(36)33-19-10-34(12-28(19,4)5)27(37)16(3)35/h6,9,13,16-17,19,32,35H,7-8,10-12H2,1-5H3,(H,33,36). The van der Waals surface area contributed by atoms with E-state index >= 15 is 4.39 Å². The van der Waals surface area contributed by atoms with E-state index in [0.717, 1.165) is 12.8 Å². The Bertz CT molecular complexity index is 1410. The second-order valence-electron chi connectivity index (χ2n) is 11.3. The molecule has 1 aromatic carbocycles. The Hall–Kier alpha value is -3.53. The molecule has 2 amide bonds. The number of aromatic nitrogens is 3. The van der Waals surface area contributed by atoms with Crippen molar-refractivity contribution in [2.45, 2.75) is 59.6 Å². The van der Waals surface area contributed by atoms with Crippen molar-refractivity contribution in [3.63, 3.8) is 0 Å². The van der Waals surface area contributed by atoms with Gasteiger partial charge in [0.05, 0.1) is 29.3 Å². The predicted octanol–water partition coefficient (Wildman–Crippen LogP) is 3.52. The van der Waals surface area contributed by atoms with Gasteiger partial charge in [-0.15, -0.1) is 0 Å². The van der Waals surface area contributed by atoms with E-state index in [9.17, 15) is 14.7 Å². The molecule has 2 atom stereocenters. The van der Waals surface area contributed by atoms with Crippen molar-refractivity contribution in [2.24, 2.45) is 11.3 Å². The zero-order valence-corrected chi connectivity index (χ0v) is 22.4. The molecule has 0 radical (unpaired) electrons. The number of rotatable bonds is 7. The largest absolute Gasteiger partial charge is 0.492 e. The second-order valence-corrected chi connectivity index (χ2v) is 11.3. The smallest absolute Gasteiger partial charge is 0.255 e. The number of nitrogens with zero attached hydrogens (tertiary/aromatic N) is 3. The first-order valence-corrected chi connectivity index (χ1v) is 13.0. The Morgan fingerprint density at radius 1 is 1.29 bits per heavy atom. The van der Waals surface area contributed by atoms with Crippen molar-refractivity contribution in [2.75, 3.05) is 19.7 Å². The molecule has 5 rings (SSSR count). The summed E-state index contributed by atoms with van der Waals surface area (Å²) in [5.74, 6) is -0.235. The Kier molecular flexibility index (Phi) is 6.63. The molecule has 2 aromatic heterocycles. The topological polar surface area (TPSA) is 120 Å². The quantitative estimate of drug-likeness (QED) is 0.436. The lowest BCUT2D eigenvalue weighted by atomic mass is 9.87. The molecule has 0 bridgehead atoms. The molecular weight excluding hydrogens is 489 g/mol. The highest BCUT2D eigenvalue weighted by atomic mass is 19.1. The van der Waals surface area contributed by atoms with E-state index < -0.39 is 17.3 Å². The third kappa shape index (κ3) is 4.73. The fourth-order valence-corrected chi connectivity index (χ4v) is 5.12. The molecule has 202 valence electrons. The van der Waals surface area contributed by atoms with Crippen molar-refractivity contribution in [3.05, 3.63) is 41.1 Å². The summed E-state index contributed by atoms with van der Waals surface area (Å²) in [6, 6.07) is 3.11. The van der Waals surface area contributed by atoms with Crippen LogP contribution in [0.2, 0.25) is 0 Å². The molecule has 3 N–H and O–H groups in total. The number of fused-ring (bicyclic) bond motifs is 1. The molecule has 38 heavy (non-hydrogen) atoms. The number of halogens is 1. The monoisotopic (exact) mass is 523 g/mol. The number of likely N-dealkylation sites (tertiary alicyclic amines) is 1. The number of aliphatic hydroxyl groups is 1. The first-order valence-electron chi connectivity index (χ1n) is 13.0. The van der Waals surface area contributed by atoms with Crippen molar-refractivity contribution < 1.29 is 23.8 Å². The lowest BCUT2D eigenvalue weighted by Crippen LogP contribution is -2.44. The van der Waals surface area contributed by atoms with Crippen LogP contribution in [0.3, 0.4) is 0 Å². The van der Waals surface area contributed by atoms with E-state index in [0.29, 0.717) is 64.9 Å². The molecular formula is C28H34FN5O4. The number of ether oxygens (including phenoxy) is 1. The number of carbonyl (C=O) groups excluding carboxylic acids is 2. The molecule has 9 nitrogen and oxygen atoms in total. The van der Waals surface area contributed by atoms with Crippen LogP contribution < -0.4 is 10.1 Å². The highest BCUT2D eigenvalue weighted by Crippen LogP contribution is 2.39. The van der Waals surface area contributed by atoms with Crippen LogP contribution in [0, 0.1) is 31.0 Å². The molecule has 2 unspecified atom stereocenters. The summed E-state index contributed by atoms with van der Waals surface area (Å²) in [5.41, 5.74) is 2.38. The van der Waals surface area contributed by atoms with Crippen LogP contribution in [0.25, 0.3) is 22.3 Å². The third-order valence-corrected chi connectivity index (χ3v) is 7.62. The van der Waals surface area contributed by atoms with E-state index in [-0.39, 0.29) is 23.4 Å². The summed E-state index contributed by atoms with van der Waals surface area (Å²) in [4.78, 5) is 39.5. The Morgan fingerprint density at radius 3 is 2.71 bits per heavy atom. The van der Waals surface area contributed by atoms with E-state index in [2.05, 4.69) is 20.3 Å². The minimum atomic E-state index is -1.11. The minimum absolute atomic E-state index is 0.246. The lowest BCUT2D eigenvalue weighted by molar-refractivity contribution is -0.138. The van der Waals surface area contributed by atoms with Crippen molar-refractivity contribution in [1.82, 2.24) is 25.2 Å². The zero-order valence-electron chi connectivity index (χ0n) is 22.4. The second kappa shape index (κ2) is 9.65. The van der Waals surface area contributed by atoms with Crippen LogP contribution in [0.5, 0.6) is 5.75 Å². The van der Waals surface area contributed by atoms with Crippen molar-refractivity contribution >= 4 is 22.8 Å². The molecule has 0 spiro atoms. The van der Waals surface area contributed by atoms with E-state index in [4.69, 9.17) is 4.74 Å². The fourth-order valence-electron chi connectivity index (χ4n) is 5.12. The molecule has 3 heterocycles. The number of aliphatic hydroxyl groups excluding tert-OH is 1. The van der Waals surface area contributed by atoms with Gasteiger partial charge in [-0.05, 0) is 51.2 Å². The normalized spacial score (nSPS) is 19.6. The minimum Gasteiger partial charge on any atom is -0.492 e. The Morgan fingerprint density at radius 2 is 2.03 bits per heavy atom. The highest BCUT2D eigenvalue weighted by Gasteiger charge is 2.43. The molecule has 3 aromatic rings. The maximum absolute atomic E-state index is 15.5. The molecule has 2 fully saturated rings. The van der Waals surface area contributed by atoms with Crippen molar-refractivity contribution in [3.8, 4) is 17.0 Å². The van der Waals surface area contributed by atoms with Crippen LogP contribution in [0.1, 0.15) is 55.2 Å². The van der Waals surface area contributed by atoms with Gasteiger partial charge in [0.2, 0.25) is 0 Å². The van der Waals surface area contributed by atoms with Gasteiger partial charge in [0.25, 0.3) is 11.8 Å². The van der Waals surface area contributed by atoms with Crippen LogP contribution in [0.4, 0.5) is 4.39 Å². The van der Waals surface area contributed by atoms with Crippen LogP contribution >= 0.6 is 0 Å². The third-order valence-electron chi connectivity index (χ3n) is 7.62. The average Bonchev–Trinajstić information content (AvgIpc) is 3.55. The lowest BCUT2D eigenvalue weighted by Gasteiger charge is -2.26. The highest BCUT2D eigenvalue weighted by molar-refractivity contribution is 6.09. The zero-order chi connectivity index (χ0) is 27.4. The number of carbonyl (C=O) groups is 2. The van der Waals surface area contributed by atoms with E-state index in [1.807, 2.05) is 13.8 Å². The molecule has 2 aliphatic rings. The molecule has 10 heteroatoms. The summed E-state index contributed by atoms with van der Waals surface area (Å²) in [7, 11) is 0. The summed E-state index contributed by atoms with van der Waals surface area (Å²) < 4.78 is 21.5. The SMILES string of the molecule is Cc1ccc(OCC2CC2)c(-c2ncnc3c(C(=O)NC4CN(C(=O)C(C)O)CC4(C)C)c(C)[nH]c23)c1F. The van der Waals surface area contributed by atoms with Crippen LogP contribution in [-0.4, -0.2) is 68.6 Å². The average molecular weight is 524 g/mol. The fraction of sp³-hybridized carbons (Fsp3) is 0.500. The van der Waals surface area contributed by atoms with Gasteiger partial charge in [-0.25, -0.2) is 14.4 Å². The molecule has 1 saturated heterocycles. The van der Waals surface area contributed by atoms with Gasteiger partial charge in [-0.2, -0.15) is 0 Å². The van der Waals surface area contributed by atoms with Crippen LogP contribution in [-0.2, 0) is 4.79 Å². The van der Waals surface area contributed by atoms with Gasteiger partial charge in [0, 0.05) is 24.2 Å². The van der Waals surface area contributed by atoms with Gasteiger partial charge in [-0.3, -0.25) is 9.59 Å². The number of nitrogens with one attached hydrogen (secondary N) is 2. The number of aromatic amines is 1. The Labute approximate surface area is 220 Å². The summed E-state index contributed by atoms with van der Waals surface area (Å²) in [5, 5.41) is 12.8. The van der Waals surface area contributed by atoms with Gasteiger partial charge in [-0.1, -0.05) is 19.9 Å². The maximum atomic E-state index is 15.5. The van der Waals surface area contributed by atoms with Gasteiger partial charge in [0.15, 0.2) is 0 Å². The van der Waals surface area contributed by atoms with Crippen LogP contribution in [0.15, 0.2) is 18.5 Å². The van der Waals surface area contributed by atoms with Gasteiger partial charge < -0.3 is 25.0 Å². The summed E-state index contributed by atoms with van der Waals surface area (Å²) in [6.45, 7) is 10.1. The first-order chi connectivity index (χ1) is 18.0. The number of H-pyrrole nitrogens is 1. The van der Waals surface area contributed by atoms with E-state index in [1.165, 1.54) is 13.3 Å². The molecule has 1 aliphatic heterocycles. The maximum Gasteiger partial charge on any atom is 0.255 e. The predicted molar refractivity (Wildman–Crippen MR) is 140 cm³/mol.